The molecule has 0 amide bonds. The van der Waals surface area contributed by atoms with E-state index in [1.165, 1.54) is 5.69 Å². The zero-order valence-corrected chi connectivity index (χ0v) is 14.4. The summed E-state index contributed by atoms with van der Waals surface area (Å²) in [6.07, 6.45) is 0. The van der Waals surface area contributed by atoms with E-state index in [9.17, 15) is 0 Å². The van der Waals surface area contributed by atoms with Crippen LogP contribution >= 0.6 is 11.6 Å². The second kappa shape index (κ2) is 8.25. The Bertz CT molecular complexity index is 557. The third-order valence-corrected chi connectivity index (χ3v) is 3.99. The number of hydrogen-bond donors (Lipinski definition) is 0. The zero-order chi connectivity index (χ0) is 15.9. The maximum absolute atomic E-state index is 5.93. The molecule has 1 aromatic heterocycles. The van der Waals surface area contributed by atoms with Crippen LogP contribution in [0.25, 0.3) is 0 Å². The van der Waals surface area contributed by atoms with Gasteiger partial charge in [0.25, 0.3) is 0 Å². The summed E-state index contributed by atoms with van der Waals surface area (Å²) < 4.78 is 5.64. The summed E-state index contributed by atoms with van der Waals surface area (Å²) in [5.41, 5.74) is 1.25. The van der Waals surface area contributed by atoms with E-state index in [2.05, 4.69) is 28.0 Å². The SMILES string of the molecule is CC.Cc1ccc(CN2CCN(c3ccc(Cl)cc3)CC2)o1. The molecule has 2 heterocycles. The number of hydrogen-bond acceptors (Lipinski definition) is 3. The van der Waals surface area contributed by atoms with E-state index in [1.807, 2.05) is 39.0 Å². The van der Waals surface area contributed by atoms with E-state index < -0.39 is 0 Å². The molecule has 1 fully saturated rings. The number of benzene rings is 1. The molecule has 0 bridgehead atoms. The molecule has 0 unspecified atom stereocenters. The molecule has 1 saturated heterocycles. The monoisotopic (exact) mass is 320 g/mol. The van der Waals surface area contributed by atoms with Crippen LogP contribution in [0, 0.1) is 6.92 Å². The van der Waals surface area contributed by atoms with Gasteiger partial charge in [-0.3, -0.25) is 4.90 Å². The number of aryl methyl sites for hydroxylation is 1. The van der Waals surface area contributed by atoms with Crippen molar-refractivity contribution >= 4 is 17.3 Å². The highest BCUT2D eigenvalue weighted by Crippen LogP contribution is 2.20. The molecule has 1 aliphatic rings. The predicted octanol–water partition coefficient (Wildman–Crippen LogP) is 4.59. The first kappa shape index (κ1) is 16.9. The maximum Gasteiger partial charge on any atom is 0.118 e. The fraction of sp³-hybridized carbons (Fsp3) is 0.444. The topological polar surface area (TPSA) is 19.6 Å². The number of anilines is 1. The number of nitrogens with zero attached hydrogens (tertiary/aromatic N) is 2. The molecule has 1 aliphatic heterocycles. The minimum Gasteiger partial charge on any atom is -0.465 e. The molecule has 0 N–H and O–H groups in total. The van der Waals surface area contributed by atoms with Gasteiger partial charge in [-0.25, -0.2) is 0 Å². The van der Waals surface area contributed by atoms with Gasteiger partial charge in [-0.1, -0.05) is 25.4 Å². The summed E-state index contributed by atoms with van der Waals surface area (Å²) in [4.78, 5) is 4.84. The largest absolute Gasteiger partial charge is 0.465 e. The highest BCUT2D eigenvalue weighted by molar-refractivity contribution is 6.30. The minimum atomic E-state index is 0.792. The molecule has 0 aliphatic carbocycles. The van der Waals surface area contributed by atoms with Crippen molar-refractivity contribution in [2.45, 2.75) is 27.3 Å². The van der Waals surface area contributed by atoms with Crippen molar-refractivity contribution < 1.29 is 4.42 Å². The van der Waals surface area contributed by atoms with Crippen molar-refractivity contribution in [2.24, 2.45) is 0 Å². The lowest BCUT2D eigenvalue weighted by Crippen LogP contribution is -2.45. The minimum absolute atomic E-state index is 0.792. The van der Waals surface area contributed by atoms with Gasteiger partial charge in [-0.2, -0.15) is 0 Å². The van der Waals surface area contributed by atoms with E-state index in [-0.39, 0.29) is 0 Å². The number of halogens is 1. The van der Waals surface area contributed by atoms with E-state index >= 15 is 0 Å². The second-order valence-electron chi connectivity index (χ2n) is 5.25. The first-order chi connectivity index (χ1) is 10.7. The van der Waals surface area contributed by atoms with E-state index in [4.69, 9.17) is 16.0 Å². The van der Waals surface area contributed by atoms with Crippen LogP contribution < -0.4 is 4.90 Å². The van der Waals surface area contributed by atoms with Crippen molar-refractivity contribution in [3.05, 3.63) is 52.9 Å². The van der Waals surface area contributed by atoms with Crippen LogP contribution in [0.1, 0.15) is 25.4 Å². The molecule has 1 aromatic carbocycles. The van der Waals surface area contributed by atoms with Crippen LogP contribution in [0.2, 0.25) is 5.02 Å². The fourth-order valence-corrected chi connectivity index (χ4v) is 2.73. The van der Waals surface area contributed by atoms with Gasteiger partial charge in [0.05, 0.1) is 6.54 Å². The van der Waals surface area contributed by atoms with Gasteiger partial charge < -0.3 is 9.32 Å². The number of rotatable bonds is 3. The summed E-state index contributed by atoms with van der Waals surface area (Å²) in [5.74, 6) is 2.04. The molecule has 0 radical (unpaired) electrons. The van der Waals surface area contributed by atoms with Crippen molar-refractivity contribution in [1.82, 2.24) is 4.90 Å². The molecule has 4 heteroatoms. The fourth-order valence-electron chi connectivity index (χ4n) is 2.61. The summed E-state index contributed by atoms with van der Waals surface area (Å²) in [5, 5.41) is 0.792. The average Bonchev–Trinajstić information content (AvgIpc) is 2.96. The zero-order valence-electron chi connectivity index (χ0n) is 13.7. The van der Waals surface area contributed by atoms with Crippen molar-refractivity contribution in [1.29, 1.82) is 0 Å². The Labute approximate surface area is 138 Å². The maximum atomic E-state index is 5.93. The molecule has 3 rings (SSSR count). The Morgan fingerprint density at radius 1 is 0.955 bits per heavy atom. The van der Waals surface area contributed by atoms with Gasteiger partial charge >= 0.3 is 0 Å². The van der Waals surface area contributed by atoms with Crippen LogP contribution in [-0.4, -0.2) is 31.1 Å². The lowest BCUT2D eigenvalue weighted by molar-refractivity contribution is 0.229. The number of piperazine rings is 1. The van der Waals surface area contributed by atoms with Crippen LogP contribution in [-0.2, 0) is 6.54 Å². The Kier molecular flexibility index (Phi) is 6.34. The van der Waals surface area contributed by atoms with Crippen LogP contribution in [0.15, 0.2) is 40.8 Å². The van der Waals surface area contributed by atoms with Crippen LogP contribution in [0.4, 0.5) is 5.69 Å². The Balaban J connectivity index is 0.000000847. The smallest absolute Gasteiger partial charge is 0.118 e. The summed E-state index contributed by atoms with van der Waals surface area (Å²) in [6.45, 7) is 11.1. The third kappa shape index (κ3) is 4.52. The molecule has 0 spiro atoms. The first-order valence-electron chi connectivity index (χ1n) is 7.99. The van der Waals surface area contributed by atoms with Gasteiger partial charge in [0.15, 0.2) is 0 Å². The second-order valence-corrected chi connectivity index (χ2v) is 5.69. The normalized spacial score (nSPS) is 15.4. The molecular weight excluding hydrogens is 296 g/mol. The summed E-state index contributed by atoms with van der Waals surface area (Å²) in [7, 11) is 0. The summed E-state index contributed by atoms with van der Waals surface area (Å²) in [6, 6.07) is 12.2. The molecule has 120 valence electrons. The van der Waals surface area contributed by atoms with Gasteiger partial charge in [0, 0.05) is 36.9 Å². The van der Waals surface area contributed by atoms with Crippen LogP contribution in [0.3, 0.4) is 0 Å². The van der Waals surface area contributed by atoms with E-state index in [0.717, 1.165) is 49.3 Å². The molecule has 0 saturated carbocycles. The Hall–Kier alpha value is -1.45. The average molecular weight is 321 g/mol. The van der Waals surface area contributed by atoms with E-state index in [0.29, 0.717) is 0 Å². The van der Waals surface area contributed by atoms with Gasteiger partial charge in [0.2, 0.25) is 0 Å². The Morgan fingerprint density at radius 3 is 2.14 bits per heavy atom. The van der Waals surface area contributed by atoms with Crippen molar-refractivity contribution in [3.8, 4) is 0 Å². The molecular formula is C18H25ClN2O. The van der Waals surface area contributed by atoms with Gasteiger partial charge in [-0.15, -0.1) is 0 Å². The highest BCUT2D eigenvalue weighted by atomic mass is 35.5. The molecule has 0 atom stereocenters. The highest BCUT2D eigenvalue weighted by Gasteiger charge is 2.18. The lowest BCUT2D eigenvalue weighted by atomic mass is 10.2. The van der Waals surface area contributed by atoms with E-state index in [1.54, 1.807) is 0 Å². The number of furan rings is 1. The Morgan fingerprint density at radius 2 is 1.59 bits per heavy atom. The standard InChI is InChI=1S/C16H19ClN2O.C2H6/c1-13-2-7-16(20-13)12-18-8-10-19(11-9-18)15-5-3-14(17)4-6-15;1-2/h2-7H,8-12H2,1H3;1-2H3. The predicted molar refractivity (Wildman–Crippen MR) is 93.7 cm³/mol. The molecule has 3 nitrogen and oxygen atoms in total. The summed E-state index contributed by atoms with van der Waals surface area (Å²) >= 11 is 5.93. The van der Waals surface area contributed by atoms with Crippen molar-refractivity contribution in [2.75, 3.05) is 31.1 Å². The third-order valence-electron chi connectivity index (χ3n) is 3.74. The lowest BCUT2D eigenvalue weighted by Gasteiger charge is -2.35. The molecule has 22 heavy (non-hydrogen) atoms. The first-order valence-corrected chi connectivity index (χ1v) is 8.37. The van der Waals surface area contributed by atoms with Crippen LogP contribution in [0.5, 0.6) is 0 Å². The van der Waals surface area contributed by atoms with Gasteiger partial charge in [-0.05, 0) is 43.3 Å². The van der Waals surface area contributed by atoms with Gasteiger partial charge in [0.1, 0.15) is 11.5 Å². The molecule has 2 aromatic rings. The van der Waals surface area contributed by atoms with Crippen molar-refractivity contribution in [3.63, 3.8) is 0 Å². The quantitative estimate of drug-likeness (QED) is 0.824.